The number of guanidine groups is 1. The predicted molar refractivity (Wildman–Crippen MR) is 101 cm³/mol. The van der Waals surface area contributed by atoms with Crippen molar-refractivity contribution >= 4 is 5.96 Å². The predicted octanol–water partition coefficient (Wildman–Crippen LogP) is 2.86. The highest BCUT2D eigenvalue weighted by Gasteiger charge is 2.00. The second-order valence-electron chi connectivity index (χ2n) is 6.13. The third kappa shape index (κ3) is 9.40. The van der Waals surface area contributed by atoms with Crippen molar-refractivity contribution in [2.24, 2.45) is 10.9 Å². The summed E-state index contributed by atoms with van der Waals surface area (Å²) in [6.07, 6.45) is 1.89. The maximum atomic E-state index is 5.71. The molecule has 136 valence electrons. The molecular formula is C19H33N3O2. The van der Waals surface area contributed by atoms with Gasteiger partial charge in [0, 0.05) is 33.4 Å². The summed E-state index contributed by atoms with van der Waals surface area (Å²) in [6.45, 7) is 10.4. The molecule has 0 fully saturated rings. The Morgan fingerprint density at radius 2 is 1.92 bits per heavy atom. The van der Waals surface area contributed by atoms with Crippen molar-refractivity contribution in [3.8, 4) is 5.75 Å². The van der Waals surface area contributed by atoms with Crippen molar-refractivity contribution in [3.05, 3.63) is 29.8 Å². The molecule has 0 atom stereocenters. The summed E-state index contributed by atoms with van der Waals surface area (Å²) < 4.78 is 10.7. The van der Waals surface area contributed by atoms with E-state index < -0.39 is 0 Å². The number of nitrogens with one attached hydrogen (secondary N) is 2. The third-order valence-electron chi connectivity index (χ3n) is 3.33. The second kappa shape index (κ2) is 12.6. The van der Waals surface area contributed by atoms with E-state index in [1.807, 2.05) is 12.1 Å². The van der Waals surface area contributed by atoms with Crippen LogP contribution in [0.4, 0.5) is 0 Å². The van der Waals surface area contributed by atoms with Crippen LogP contribution in [0.5, 0.6) is 5.75 Å². The van der Waals surface area contributed by atoms with Gasteiger partial charge in [0.25, 0.3) is 0 Å². The molecule has 0 spiro atoms. The third-order valence-corrected chi connectivity index (χ3v) is 3.33. The highest BCUT2D eigenvalue weighted by molar-refractivity contribution is 5.79. The van der Waals surface area contributed by atoms with E-state index in [4.69, 9.17) is 9.47 Å². The second-order valence-corrected chi connectivity index (χ2v) is 6.13. The average Bonchev–Trinajstić information content (AvgIpc) is 2.58. The molecule has 0 aliphatic heterocycles. The molecule has 1 aromatic carbocycles. The molecule has 5 nitrogen and oxygen atoms in total. The molecule has 0 saturated heterocycles. The van der Waals surface area contributed by atoms with Gasteiger partial charge in [0.2, 0.25) is 0 Å². The SMILES string of the molecule is CCNC(=NCCCOC)NCCc1ccc(OCC(C)C)cc1. The number of hydrogen-bond acceptors (Lipinski definition) is 3. The van der Waals surface area contributed by atoms with Crippen LogP contribution in [0.2, 0.25) is 0 Å². The van der Waals surface area contributed by atoms with Gasteiger partial charge in [-0.25, -0.2) is 0 Å². The normalized spacial score (nSPS) is 11.6. The summed E-state index contributed by atoms with van der Waals surface area (Å²) in [5, 5.41) is 6.63. The molecule has 0 unspecified atom stereocenters. The molecule has 0 radical (unpaired) electrons. The van der Waals surface area contributed by atoms with Gasteiger partial charge >= 0.3 is 0 Å². The molecule has 0 amide bonds. The van der Waals surface area contributed by atoms with E-state index in [2.05, 4.69) is 48.5 Å². The maximum absolute atomic E-state index is 5.71. The molecule has 1 aromatic rings. The number of aliphatic imine (C=N–C) groups is 1. The number of hydrogen-bond donors (Lipinski definition) is 2. The standard InChI is InChI=1S/C19H33N3O2/c1-5-20-19(21-12-6-14-23-4)22-13-11-17-7-9-18(10-8-17)24-15-16(2)3/h7-10,16H,5-6,11-15H2,1-4H3,(H2,20,21,22). The molecule has 0 aliphatic carbocycles. The van der Waals surface area contributed by atoms with E-state index in [-0.39, 0.29) is 0 Å². The first-order valence-electron chi connectivity index (χ1n) is 8.88. The first-order valence-corrected chi connectivity index (χ1v) is 8.88. The Morgan fingerprint density at radius 1 is 1.17 bits per heavy atom. The van der Waals surface area contributed by atoms with Crippen LogP contribution in [-0.2, 0) is 11.2 Å². The Kier molecular flexibility index (Phi) is 10.7. The van der Waals surface area contributed by atoms with Crippen molar-refractivity contribution in [1.29, 1.82) is 0 Å². The average molecular weight is 335 g/mol. The molecule has 0 bridgehead atoms. The van der Waals surface area contributed by atoms with Crippen molar-refractivity contribution in [3.63, 3.8) is 0 Å². The Hall–Kier alpha value is -1.75. The summed E-state index contributed by atoms with van der Waals surface area (Å²) >= 11 is 0. The van der Waals surface area contributed by atoms with Gasteiger partial charge in [0.15, 0.2) is 5.96 Å². The molecule has 0 saturated carbocycles. The van der Waals surface area contributed by atoms with Crippen LogP contribution in [0.15, 0.2) is 29.3 Å². The van der Waals surface area contributed by atoms with Crippen molar-refractivity contribution in [2.75, 3.05) is 40.0 Å². The molecule has 0 aromatic heterocycles. The lowest BCUT2D eigenvalue weighted by atomic mass is 10.1. The summed E-state index contributed by atoms with van der Waals surface area (Å²) in [7, 11) is 1.71. The van der Waals surface area contributed by atoms with E-state index in [1.54, 1.807) is 7.11 Å². The minimum atomic E-state index is 0.543. The van der Waals surface area contributed by atoms with Gasteiger partial charge in [0.05, 0.1) is 6.61 Å². The molecule has 5 heteroatoms. The largest absolute Gasteiger partial charge is 0.493 e. The number of nitrogens with zero attached hydrogens (tertiary/aromatic N) is 1. The van der Waals surface area contributed by atoms with Gasteiger partial charge in [-0.2, -0.15) is 0 Å². The Balaban J connectivity index is 2.35. The maximum Gasteiger partial charge on any atom is 0.191 e. The van der Waals surface area contributed by atoms with Gasteiger partial charge in [-0.15, -0.1) is 0 Å². The van der Waals surface area contributed by atoms with Crippen LogP contribution >= 0.6 is 0 Å². The van der Waals surface area contributed by atoms with Crippen LogP contribution < -0.4 is 15.4 Å². The van der Waals surface area contributed by atoms with E-state index in [9.17, 15) is 0 Å². The summed E-state index contributed by atoms with van der Waals surface area (Å²) in [6, 6.07) is 8.34. The highest BCUT2D eigenvalue weighted by atomic mass is 16.5. The van der Waals surface area contributed by atoms with Crippen LogP contribution in [0.3, 0.4) is 0 Å². The minimum absolute atomic E-state index is 0.543. The molecule has 24 heavy (non-hydrogen) atoms. The van der Waals surface area contributed by atoms with E-state index in [0.29, 0.717) is 5.92 Å². The van der Waals surface area contributed by atoms with Gasteiger partial charge in [0.1, 0.15) is 5.75 Å². The van der Waals surface area contributed by atoms with Gasteiger partial charge < -0.3 is 20.1 Å². The van der Waals surface area contributed by atoms with Crippen LogP contribution in [-0.4, -0.2) is 45.9 Å². The lowest BCUT2D eigenvalue weighted by Gasteiger charge is -2.12. The quantitative estimate of drug-likeness (QED) is 0.371. The van der Waals surface area contributed by atoms with Crippen LogP contribution in [0.1, 0.15) is 32.8 Å². The van der Waals surface area contributed by atoms with E-state index in [1.165, 1.54) is 5.56 Å². The Morgan fingerprint density at radius 3 is 2.54 bits per heavy atom. The van der Waals surface area contributed by atoms with Crippen molar-refractivity contribution in [1.82, 2.24) is 10.6 Å². The van der Waals surface area contributed by atoms with Gasteiger partial charge in [-0.05, 0) is 43.4 Å². The summed E-state index contributed by atoms with van der Waals surface area (Å²) in [5.74, 6) is 2.35. The lowest BCUT2D eigenvalue weighted by molar-refractivity contribution is 0.197. The van der Waals surface area contributed by atoms with Gasteiger partial charge in [-0.1, -0.05) is 26.0 Å². The van der Waals surface area contributed by atoms with Crippen LogP contribution in [0.25, 0.3) is 0 Å². The summed E-state index contributed by atoms with van der Waals surface area (Å²) in [5.41, 5.74) is 1.29. The van der Waals surface area contributed by atoms with Crippen LogP contribution in [0, 0.1) is 5.92 Å². The smallest absolute Gasteiger partial charge is 0.191 e. The fourth-order valence-corrected chi connectivity index (χ4v) is 2.08. The van der Waals surface area contributed by atoms with Crippen molar-refractivity contribution < 1.29 is 9.47 Å². The topological polar surface area (TPSA) is 54.9 Å². The first-order chi connectivity index (χ1) is 11.7. The van der Waals surface area contributed by atoms with E-state index in [0.717, 1.165) is 57.4 Å². The van der Waals surface area contributed by atoms with Crippen molar-refractivity contribution in [2.45, 2.75) is 33.6 Å². The zero-order valence-electron chi connectivity index (χ0n) is 15.6. The molecule has 1 rings (SSSR count). The fourth-order valence-electron chi connectivity index (χ4n) is 2.08. The zero-order chi connectivity index (χ0) is 17.6. The monoisotopic (exact) mass is 335 g/mol. The number of methoxy groups -OCH3 is 1. The Labute approximate surface area is 146 Å². The molecule has 0 aliphatic rings. The van der Waals surface area contributed by atoms with E-state index >= 15 is 0 Å². The minimum Gasteiger partial charge on any atom is -0.493 e. The highest BCUT2D eigenvalue weighted by Crippen LogP contribution is 2.13. The molecular weight excluding hydrogens is 302 g/mol. The molecule has 2 N–H and O–H groups in total. The number of ether oxygens (including phenoxy) is 2. The Bertz CT molecular complexity index is 458. The summed E-state index contributed by atoms with van der Waals surface area (Å²) in [4.78, 5) is 4.53. The van der Waals surface area contributed by atoms with Gasteiger partial charge in [-0.3, -0.25) is 4.99 Å². The first kappa shape index (κ1) is 20.3. The number of benzene rings is 1. The zero-order valence-corrected chi connectivity index (χ0v) is 15.6. The fraction of sp³-hybridized carbons (Fsp3) is 0.632. The molecule has 0 heterocycles. The number of rotatable bonds is 11. The lowest BCUT2D eigenvalue weighted by Crippen LogP contribution is -2.38.